The Morgan fingerprint density at radius 1 is 1.10 bits per heavy atom. The lowest BCUT2D eigenvalue weighted by atomic mass is 10.0. The van der Waals surface area contributed by atoms with Crippen LogP contribution in [0.4, 0.5) is 0 Å². The quantitative estimate of drug-likeness (QED) is 0.620. The Morgan fingerprint density at radius 2 is 1.93 bits per heavy atom. The summed E-state index contributed by atoms with van der Waals surface area (Å²) in [5, 5.41) is 10.6. The molecule has 4 rings (SSSR count). The molecule has 1 fully saturated rings. The fourth-order valence-corrected chi connectivity index (χ4v) is 3.78. The molecule has 1 aliphatic heterocycles. The zero-order valence-corrected chi connectivity index (χ0v) is 16.9. The first-order valence-electron chi connectivity index (χ1n) is 10.3. The van der Waals surface area contributed by atoms with Crippen LogP contribution in [-0.4, -0.2) is 54.4 Å². The summed E-state index contributed by atoms with van der Waals surface area (Å²) in [6.07, 6.45) is 0.984. The van der Waals surface area contributed by atoms with Crippen molar-refractivity contribution in [2.24, 2.45) is 0 Å². The van der Waals surface area contributed by atoms with Gasteiger partial charge in [-0.25, -0.2) is 4.98 Å². The summed E-state index contributed by atoms with van der Waals surface area (Å²) in [4.78, 5) is 7.29. The van der Waals surface area contributed by atoms with Crippen LogP contribution in [0.15, 0.2) is 48.5 Å². The number of ether oxygens (including phenoxy) is 2. The van der Waals surface area contributed by atoms with Gasteiger partial charge in [-0.1, -0.05) is 24.3 Å². The normalized spacial score (nSPS) is 15.0. The van der Waals surface area contributed by atoms with Crippen molar-refractivity contribution in [3.63, 3.8) is 0 Å². The average molecular weight is 392 g/mol. The SMILES string of the molecule is Cc1cc(-c2ccccc2OCCCN2CCOCC2)nc2cc(CO)ccc12. The molecule has 1 aromatic heterocycles. The molecule has 3 aromatic rings. The lowest BCUT2D eigenvalue weighted by molar-refractivity contribution is 0.0358. The van der Waals surface area contributed by atoms with Gasteiger partial charge in [0.05, 0.1) is 37.6 Å². The van der Waals surface area contributed by atoms with Gasteiger partial charge in [0.15, 0.2) is 0 Å². The topological polar surface area (TPSA) is 54.8 Å². The van der Waals surface area contributed by atoms with E-state index >= 15 is 0 Å². The van der Waals surface area contributed by atoms with Crippen molar-refractivity contribution in [2.45, 2.75) is 20.0 Å². The smallest absolute Gasteiger partial charge is 0.128 e. The van der Waals surface area contributed by atoms with Crippen LogP contribution in [-0.2, 0) is 11.3 Å². The number of nitrogens with zero attached hydrogens (tertiary/aromatic N) is 2. The molecule has 2 heterocycles. The highest BCUT2D eigenvalue weighted by Gasteiger charge is 2.12. The first-order chi connectivity index (χ1) is 14.2. The van der Waals surface area contributed by atoms with Gasteiger partial charge in [0, 0.05) is 30.6 Å². The Kier molecular flexibility index (Phi) is 6.39. The van der Waals surface area contributed by atoms with Gasteiger partial charge in [-0.05, 0) is 48.7 Å². The van der Waals surface area contributed by atoms with Gasteiger partial charge in [-0.3, -0.25) is 4.90 Å². The number of aliphatic hydroxyl groups is 1. The number of hydrogen-bond acceptors (Lipinski definition) is 5. The Morgan fingerprint density at radius 3 is 2.76 bits per heavy atom. The summed E-state index contributed by atoms with van der Waals surface area (Å²) in [6, 6.07) is 16.1. The average Bonchev–Trinajstić information content (AvgIpc) is 2.77. The van der Waals surface area contributed by atoms with E-state index in [9.17, 15) is 5.11 Å². The van der Waals surface area contributed by atoms with E-state index in [1.165, 1.54) is 0 Å². The molecule has 5 heteroatoms. The van der Waals surface area contributed by atoms with Crippen molar-refractivity contribution in [3.05, 3.63) is 59.7 Å². The molecular formula is C24H28N2O3. The van der Waals surface area contributed by atoms with Crippen molar-refractivity contribution in [1.82, 2.24) is 9.88 Å². The molecule has 0 amide bonds. The molecule has 1 saturated heterocycles. The van der Waals surface area contributed by atoms with Gasteiger partial charge >= 0.3 is 0 Å². The third-order valence-corrected chi connectivity index (χ3v) is 5.41. The van der Waals surface area contributed by atoms with Gasteiger partial charge in [-0.15, -0.1) is 0 Å². The van der Waals surface area contributed by atoms with Crippen molar-refractivity contribution >= 4 is 10.9 Å². The second kappa shape index (κ2) is 9.35. The maximum absolute atomic E-state index is 9.45. The highest BCUT2D eigenvalue weighted by atomic mass is 16.5. The molecule has 0 unspecified atom stereocenters. The number of morpholine rings is 1. The largest absolute Gasteiger partial charge is 0.493 e. The van der Waals surface area contributed by atoms with Crippen molar-refractivity contribution in [3.8, 4) is 17.0 Å². The van der Waals surface area contributed by atoms with Crippen LogP contribution in [0.1, 0.15) is 17.5 Å². The highest BCUT2D eigenvalue weighted by molar-refractivity contribution is 5.86. The second-order valence-electron chi connectivity index (χ2n) is 7.49. The van der Waals surface area contributed by atoms with E-state index in [1.807, 2.05) is 36.4 Å². The number of aryl methyl sites for hydroxylation is 1. The molecule has 0 aliphatic carbocycles. The minimum absolute atomic E-state index is 0.0176. The molecule has 0 bridgehead atoms. The minimum Gasteiger partial charge on any atom is -0.493 e. The van der Waals surface area contributed by atoms with E-state index < -0.39 is 0 Å². The summed E-state index contributed by atoms with van der Waals surface area (Å²) in [5.74, 6) is 0.860. The summed E-state index contributed by atoms with van der Waals surface area (Å²) >= 11 is 0. The molecule has 1 N–H and O–H groups in total. The first kappa shape index (κ1) is 19.8. The summed E-state index contributed by atoms with van der Waals surface area (Å²) in [6.45, 7) is 7.49. The van der Waals surface area contributed by atoms with Gasteiger partial charge in [0.2, 0.25) is 0 Å². The molecule has 0 atom stereocenters. The van der Waals surface area contributed by atoms with Crippen molar-refractivity contribution in [2.75, 3.05) is 39.5 Å². The number of hydrogen-bond donors (Lipinski definition) is 1. The first-order valence-corrected chi connectivity index (χ1v) is 10.3. The third kappa shape index (κ3) is 4.75. The van der Waals surface area contributed by atoms with Crippen LogP contribution in [0.5, 0.6) is 5.75 Å². The van der Waals surface area contributed by atoms with Crippen molar-refractivity contribution in [1.29, 1.82) is 0 Å². The van der Waals surface area contributed by atoms with Gasteiger partial charge < -0.3 is 14.6 Å². The maximum Gasteiger partial charge on any atom is 0.128 e. The molecule has 1 aliphatic rings. The summed E-state index contributed by atoms with van der Waals surface area (Å²) in [5.41, 5.74) is 4.83. The predicted molar refractivity (Wildman–Crippen MR) is 115 cm³/mol. The van der Waals surface area contributed by atoms with Gasteiger partial charge in [0.25, 0.3) is 0 Å². The monoisotopic (exact) mass is 392 g/mol. The van der Waals surface area contributed by atoms with Crippen LogP contribution in [0, 0.1) is 6.92 Å². The molecule has 152 valence electrons. The predicted octanol–water partition coefficient (Wildman–Crippen LogP) is 3.80. The Hall–Kier alpha value is -2.47. The van der Waals surface area contributed by atoms with E-state index in [2.05, 4.69) is 24.0 Å². The molecular weight excluding hydrogens is 364 g/mol. The van der Waals surface area contributed by atoms with Crippen LogP contribution < -0.4 is 4.74 Å². The van der Waals surface area contributed by atoms with Gasteiger partial charge in [-0.2, -0.15) is 0 Å². The van der Waals surface area contributed by atoms with Crippen LogP contribution >= 0.6 is 0 Å². The fourth-order valence-electron chi connectivity index (χ4n) is 3.78. The zero-order chi connectivity index (χ0) is 20.1. The molecule has 5 nitrogen and oxygen atoms in total. The van der Waals surface area contributed by atoms with E-state index in [0.29, 0.717) is 6.61 Å². The van der Waals surface area contributed by atoms with Crippen LogP contribution in [0.25, 0.3) is 22.2 Å². The number of pyridine rings is 1. The highest BCUT2D eigenvalue weighted by Crippen LogP contribution is 2.31. The fraction of sp³-hybridized carbons (Fsp3) is 0.375. The molecule has 0 radical (unpaired) electrons. The summed E-state index contributed by atoms with van der Waals surface area (Å²) in [7, 11) is 0. The minimum atomic E-state index is 0.0176. The van der Waals surface area contributed by atoms with Crippen LogP contribution in [0.2, 0.25) is 0 Å². The lowest BCUT2D eigenvalue weighted by Crippen LogP contribution is -2.37. The molecule has 2 aromatic carbocycles. The third-order valence-electron chi connectivity index (χ3n) is 5.41. The van der Waals surface area contributed by atoms with Crippen molar-refractivity contribution < 1.29 is 14.6 Å². The van der Waals surface area contributed by atoms with Gasteiger partial charge in [0.1, 0.15) is 5.75 Å². The maximum atomic E-state index is 9.45. The number of aromatic nitrogens is 1. The van der Waals surface area contributed by atoms with Crippen LogP contribution in [0.3, 0.4) is 0 Å². The Bertz CT molecular complexity index is 967. The van der Waals surface area contributed by atoms with E-state index in [0.717, 1.165) is 78.3 Å². The Balaban J connectivity index is 1.51. The number of para-hydroxylation sites is 1. The summed E-state index contributed by atoms with van der Waals surface area (Å²) < 4.78 is 11.5. The molecule has 0 saturated carbocycles. The number of rotatable bonds is 7. The van der Waals surface area contributed by atoms with E-state index in [1.54, 1.807) is 0 Å². The number of benzene rings is 2. The Labute approximate surface area is 171 Å². The second-order valence-corrected chi connectivity index (χ2v) is 7.49. The zero-order valence-electron chi connectivity index (χ0n) is 16.9. The van der Waals surface area contributed by atoms with E-state index in [4.69, 9.17) is 14.5 Å². The molecule has 29 heavy (non-hydrogen) atoms. The number of aliphatic hydroxyl groups excluding tert-OH is 1. The number of fused-ring (bicyclic) bond motifs is 1. The lowest BCUT2D eigenvalue weighted by Gasteiger charge is -2.26. The van der Waals surface area contributed by atoms with E-state index in [-0.39, 0.29) is 6.61 Å². The molecule has 0 spiro atoms. The standard InChI is InChI=1S/C24H28N2O3/c1-18-15-22(25-23-16-19(17-27)7-8-20(18)23)21-5-2-3-6-24(21)29-12-4-9-26-10-13-28-14-11-26/h2-3,5-8,15-16,27H,4,9-14,17H2,1H3.